The molecule has 5 heteroatoms. The molecule has 3 heterocycles. The van der Waals surface area contributed by atoms with Crippen molar-refractivity contribution in [3.8, 4) is 11.1 Å². The lowest BCUT2D eigenvalue weighted by molar-refractivity contribution is 0.240. The van der Waals surface area contributed by atoms with E-state index in [0.29, 0.717) is 5.92 Å². The molecule has 0 radical (unpaired) electrons. The van der Waals surface area contributed by atoms with Crippen LogP contribution >= 0.6 is 0 Å². The number of H-pyrrole nitrogens is 1. The smallest absolute Gasteiger partial charge is 0.143 e. The second-order valence-electron chi connectivity index (χ2n) is 6.94. The van der Waals surface area contributed by atoms with E-state index in [-0.39, 0.29) is 6.61 Å². The Morgan fingerprint density at radius 1 is 1.24 bits per heavy atom. The van der Waals surface area contributed by atoms with Gasteiger partial charge in [-0.05, 0) is 37.7 Å². The maximum Gasteiger partial charge on any atom is 0.143 e. The molecule has 0 saturated carbocycles. The molecule has 4 rings (SSSR count). The minimum atomic E-state index is 0.289. The van der Waals surface area contributed by atoms with E-state index < -0.39 is 0 Å². The van der Waals surface area contributed by atoms with Crippen molar-refractivity contribution in [3.63, 3.8) is 0 Å². The summed E-state index contributed by atoms with van der Waals surface area (Å²) in [4.78, 5) is 14.7. The van der Waals surface area contributed by atoms with E-state index in [2.05, 4.69) is 51.0 Å². The van der Waals surface area contributed by atoms with E-state index >= 15 is 0 Å². The third-order valence-electron chi connectivity index (χ3n) is 5.23. The molecule has 1 aromatic carbocycles. The van der Waals surface area contributed by atoms with Gasteiger partial charge in [0, 0.05) is 31.5 Å². The zero-order chi connectivity index (χ0) is 17.2. The largest absolute Gasteiger partial charge is 0.396 e. The fraction of sp³-hybridized carbons (Fsp3) is 0.400. The Morgan fingerprint density at radius 2 is 2.08 bits per heavy atom. The lowest BCUT2D eigenvalue weighted by Gasteiger charge is -2.33. The van der Waals surface area contributed by atoms with Gasteiger partial charge in [-0.25, -0.2) is 9.97 Å². The van der Waals surface area contributed by atoms with Crippen LogP contribution in [0.1, 0.15) is 24.8 Å². The second kappa shape index (κ2) is 6.84. The Balaban J connectivity index is 1.72. The van der Waals surface area contributed by atoms with Gasteiger partial charge < -0.3 is 15.0 Å². The van der Waals surface area contributed by atoms with E-state index in [0.717, 1.165) is 54.8 Å². The number of aryl methyl sites for hydroxylation is 1. The summed E-state index contributed by atoms with van der Waals surface area (Å²) in [7, 11) is 0. The van der Waals surface area contributed by atoms with Crippen molar-refractivity contribution in [2.45, 2.75) is 26.2 Å². The van der Waals surface area contributed by atoms with E-state index in [1.165, 1.54) is 11.1 Å². The van der Waals surface area contributed by atoms with E-state index in [1.54, 1.807) is 6.33 Å². The molecular weight excluding hydrogens is 312 g/mol. The van der Waals surface area contributed by atoms with Gasteiger partial charge in [0.05, 0.1) is 5.39 Å². The van der Waals surface area contributed by atoms with Crippen LogP contribution in [-0.2, 0) is 0 Å². The number of fused-ring (bicyclic) bond motifs is 1. The molecule has 0 aliphatic carbocycles. The quantitative estimate of drug-likeness (QED) is 0.765. The van der Waals surface area contributed by atoms with E-state index in [1.807, 2.05) is 6.20 Å². The standard InChI is InChI=1S/C20H24N4O/c1-14-3-2-4-16(11-14)17-12-21-19-18(17)20(23-13-22-19)24-8-5-15(6-9-24)7-10-25/h2-4,11-13,15,25H,5-10H2,1H3,(H,21,22,23). The Bertz CT molecular complexity index is 865. The fourth-order valence-corrected chi connectivity index (χ4v) is 3.84. The zero-order valence-corrected chi connectivity index (χ0v) is 14.6. The molecule has 0 bridgehead atoms. The highest BCUT2D eigenvalue weighted by atomic mass is 16.3. The average molecular weight is 336 g/mol. The van der Waals surface area contributed by atoms with Crippen molar-refractivity contribution in [3.05, 3.63) is 42.4 Å². The van der Waals surface area contributed by atoms with Crippen molar-refractivity contribution in [2.75, 3.05) is 24.6 Å². The molecule has 25 heavy (non-hydrogen) atoms. The van der Waals surface area contributed by atoms with Crippen LogP contribution in [0.2, 0.25) is 0 Å². The van der Waals surface area contributed by atoms with Crippen LogP contribution in [0.4, 0.5) is 5.82 Å². The van der Waals surface area contributed by atoms with Crippen molar-refractivity contribution >= 4 is 16.9 Å². The monoisotopic (exact) mass is 336 g/mol. The second-order valence-corrected chi connectivity index (χ2v) is 6.94. The third kappa shape index (κ3) is 3.12. The van der Waals surface area contributed by atoms with Crippen LogP contribution in [0.3, 0.4) is 0 Å². The van der Waals surface area contributed by atoms with Crippen LogP contribution in [-0.4, -0.2) is 39.8 Å². The molecule has 1 saturated heterocycles. The van der Waals surface area contributed by atoms with Crippen LogP contribution in [0.25, 0.3) is 22.2 Å². The van der Waals surface area contributed by atoms with Crippen LogP contribution < -0.4 is 4.90 Å². The molecule has 1 aliphatic heterocycles. The molecule has 3 aromatic rings. The third-order valence-corrected chi connectivity index (χ3v) is 5.23. The van der Waals surface area contributed by atoms with Crippen LogP contribution in [0, 0.1) is 12.8 Å². The Hall–Kier alpha value is -2.40. The first-order valence-electron chi connectivity index (χ1n) is 9.01. The van der Waals surface area contributed by atoms with Gasteiger partial charge in [0.25, 0.3) is 0 Å². The molecule has 5 nitrogen and oxygen atoms in total. The minimum absolute atomic E-state index is 0.289. The van der Waals surface area contributed by atoms with Crippen molar-refractivity contribution in [1.82, 2.24) is 15.0 Å². The predicted molar refractivity (Wildman–Crippen MR) is 101 cm³/mol. The number of aromatic amines is 1. The molecule has 0 unspecified atom stereocenters. The topological polar surface area (TPSA) is 65.0 Å². The number of hydrogen-bond acceptors (Lipinski definition) is 4. The minimum Gasteiger partial charge on any atom is -0.396 e. The van der Waals surface area contributed by atoms with E-state index in [9.17, 15) is 0 Å². The number of aliphatic hydroxyl groups is 1. The summed E-state index contributed by atoms with van der Waals surface area (Å²) in [5.41, 5.74) is 4.48. The summed E-state index contributed by atoms with van der Waals surface area (Å²) >= 11 is 0. The summed E-state index contributed by atoms with van der Waals surface area (Å²) in [5.74, 6) is 1.64. The van der Waals surface area contributed by atoms with Gasteiger partial charge in [0.2, 0.25) is 0 Å². The molecule has 2 aromatic heterocycles. The zero-order valence-electron chi connectivity index (χ0n) is 14.6. The van der Waals surface area contributed by atoms with E-state index in [4.69, 9.17) is 5.11 Å². The number of rotatable bonds is 4. The number of hydrogen-bond donors (Lipinski definition) is 2. The molecule has 130 valence electrons. The molecule has 0 amide bonds. The summed E-state index contributed by atoms with van der Waals surface area (Å²) in [5, 5.41) is 10.3. The number of nitrogens with zero attached hydrogens (tertiary/aromatic N) is 3. The first-order valence-corrected chi connectivity index (χ1v) is 9.01. The number of piperidine rings is 1. The average Bonchev–Trinajstić information content (AvgIpc) is 3.07. The first-order chi connectivity index (χ1) is 12.3. The number of benzene rings is 1. The van der Waals surface area contributed by atoms with Gasteiger partial charge in [0.1, 0.15) is 17.8 Å². The maximum absolute atomic E-state index is 9.16. The molecule has 0 atom stereocenters. The Labute approximate surface area is 147 Å². The summed E-state index contributed by atoms with van der Waals surface area (Å²) in [6, 6.07) is 8.54. The number of nitrogens with one attached hydrogen (secondary N) is 1. The summed E-state index contributed by atoms with van der Waals surface area (Å²) in [6.45, 7) is 4.36. The summed E-state index contributed by atoms with van der Waals surface area (Å²) in [6.07, 6.45) is 6.81. The highest BCUT2D eigenvalue weighted by molar-refractivity contribution is 6.01. The highest BCUT2D eigenvalue weighted by Crippen LogP contribution is 2.35. The van der Waals surface area contributed by atoms with Crippen molar-refractivity contribution in [1.29, 1.82) is 0 Å². The molecule has 0 spiro atoms. The predicted octanol–water partition coefficient (Wildman–Crippen LogP) is 3.53. The van der Waals surface area contributed by atoms with Gasteiger partial charge in [-0.3, -0.25) is 0 Å². The maximum atomic E-state index is 9.16. The molecule has 1 aliphatic rings. The van der Waals surface area contributed by atoms with Gasteiger partial charge in [-0.2, -0.15) is 0 Å². The lowest BCUT2D eigenvalue weighted by Crippen LogP contribution is -2.34. The first kappa shape index (κ1) is 16.1. The normalized spacial score (nSPS) is 15.8. The number of anilines is 1. The van der Waals surface area contributed by atoms with Crippen LogP contribution in [0.5, 0.6) is 0 Å². The SMILES string of the molecule is Cc1cccc(-c2c[nH]c3ncnc(N4CCC(CCO)CC4)c23)c1. The number of aromatic nitrogens is 3. The van der Waals surface area contributed by atoms with Crippen molar-refractivity contribution < 1.29 is 5.11 Å². The summed E-state index contributed by atoms with van der Waals surface area (Å²) < 4.78 is 0. The number of aliphatic hydroxyl groups excluding tert-OH is 1. The highest BCUT2D eigenvalue weighted by Gasteiger charge is 2.23. The van der Waals surface area contributed by atoms with Gasteiger partial charge in [-0.1, -0.05) is 29.8 Å². The molecule has 1 fully saturated rings. The van der Waals surface area contributed by atoms with Gasteiger partial charge in [0.15, 0.2) is 0 Å². The molecular formula is C20H24N4O. The Morgan fingerprint density at radius 3 is 2.84 bits per heavy atom. The lowest BCUT2D eigenvalue weighted by atomic mass is 9.93. The van der Waals surface area contributed by atoms with Gasteiger partial charge >= 0.3 is 0 Å². The van der Waals surface area contributed by atoms with Crippen LogP contribution in [0.15, 0.2) is 36.8 Å². The van der Waals surface area contributed by atoms with Crippen molar-refractivity contribution in [2.24, 2.45) is 5.92 Å². The molecule has 2 N–H and O–H groups in total. The van der Waals surface area contributed by atoms with Gasteiger partial charge in [-0.15, -0.1) is 0 Å². The Kier molecular flexibility index (Phi) is 4.40. The fourth-order valence-electron chi connectivity index (χ4n) is 3.84.